The van der Waals surface area contributed by atoms with E-state index >= 15 is 0 Å². The molecule has 0 atom stereocenters. The van der Waals surface area contributed by atoms with Gasteiger partial charge in [0, 0.05) is 6.07 Å². The zero-order valence-electron chi connectivity index (χ0n) is 9.55. The first kappa shape index (κ1) is 14.0. The molecule has 0 aliphatic carbocycles. The van der Waals surface area contributed by atoms with Gasteiger partial charge in [-0.15, -0.1) is 0 Å². The number of benzene rings is 1. The summed E-state index contributed by atoms with van der Waals surface area (Å²) in [5, 5.41) is 2.67. The van der Waals surface area contributed by atoms with E-state index in [-0.39, 0.29) is 26.9 Å². The average Bonchev–Trinajstić information content (AvgIpc) is 2.36. The Morgan fingerprint density at radius 1 is 1.26 bits per heavy atom. The number of ether oxygens (including phenoxy) is 1. The van der Waals surface area contributed by atoms with Crippen LogP contribution in [0.2, 0.25) is 5.15 Å². The molecule has 100 valence electrons. The maximum atomic E-state index is 13.7. The number of methoxy groups -OCH3 is 1. The second-order valence-corrected chi connectivity index (χ2v) is 4.63. The van der Waals surface area contributed by atoms with Crippen LogP contribution in [0.5, 0.6) is 5.75 Å². The minimum Gasteiger partial charge on any atom is -0.490 e. The molecule has 1 heterocycles. The topological polar surface area (TPSA) is 47.0 Å². The first-order valence-electron chi connectivity index (χ1n) is 4.99. The van der Waals surface area contributed by atoms with E-state index in [4.69, 9.17) is 16.3 Å². The minimum absolute atomic E-state index is 0.0308. The molecule has 2 aromatic rings. The molecule has 0 spiro atoms. The van der Waals surface area contributed by atoms with Crippen LogP contribution >= 0.6 is 27.5 Å². The zero-order chi connectivity index (χ0) is 14.0. The molecule has 0 unspecified atom stereocenters. The van der Waals surface area contributed by atoms with Gasteiger partial charge in [0.1, 0.15) is 18.0 Å². The Labute approximate surface area is 120 Å². The molecule has 0 radical (unpaired) electrons. The van der Waals surface area contributed by atoms with Crippen molar-refractivity contribution in [2.24, 2.45) is 0 Å². The molecule has 0 fully saturated rings. The fourth-order valence-corrected chi connectivity index (χ4v) is 1.89. The van der Waals surface area contributed by atoms with E-state index < -0.39 is 11.6 Å². The summed E-state index contributed by atoms with van der Waals surface area (Å²) in [5.74, 6) is -0.969. The summed E-state index contributed by atoms with van der Waals surface area (Å²) in [6.45, 7) is 0. The largest absolute Gasteiger partial charge is 0.490 e. The molecule has 1 aromatic heterocycles. The smallest absolute Gasteiger partial charge is 0.199 e. The van der Waals surface area contributed by atoms with Crippen LogP contribution in [0.25, 0.3) is 0 Å². The van der Waals surface area contributed by atoms with E-state index in [1.165, 1.54) is 13.4 Å². The molecule has 19 heavy (non-hydrogen) atoms. The fraction of sp³-hybridized carbons (Fsp3) is 0.0909. The van der Waals surface area contributed by atoms with Crippen molar-refractivity contribution in [2.75, 3.05) is 12.4 Å². The Morgan fingerprint density at radius 3 is 2.68 bits per heavy atom. The molecule has 1 aromatic carbocycles. The van der Waals surface area contributed by atoms with Crippen LogP contribution in [-0.4, -0.2) is 17.1 Å². The van der Waals surface area contributed by atoms with Crippen LogP contribution in [0.1, 0.15) is 0 Å². The number of nitrogens with one attached hydrogen (secondary N) is 1. The van der Waals surface area contributed by atoms with Gasteiger partial charge in [-0.2, -0.15) is 0 Å². The van der Waals surface area contributed by atoms with Gasteiger partial charge in [-0.1, -0.05) is 11.6 Å². The number of nitrogens with zero attached hydrogens (tertiary/aromatic N) is 2. The lowest BCUT2D eigenvalue weighted by Gasteiger charge is -2.11. The molecule has 8 heteroatoms. The average molecular weight is 351 g/mol. The fourth-order valence-electron chi connectivity index (χ4n) is 1.37. The minimum atomic E-state index is -0.648. The van der Waals surface area contributed by atoms with Gasteiger partial charge in [0.05, 0.1) is 17.3 Å². The van der Waals surface area contributed by atoms with Gasteiger partial charge in [0.2, 0.25) is 0 Å². The number of aromatic nitrogens is 2. The quantitative estimate of drug-likeness (QED) is 0.673. The van der Waals surface area contributed by atoms with Gasteiger partial charge in [-0.3, -0.25) is 0 Å². The molecule has 0 bridgehead atoms. The van der Waals surface area contributed by atoms with E-state index in [0.29, 0.717) is 0 Å². The van der Waals surface area contributed by atoms with Crippen LogP contribution in [0.3, 0.4) is 0 Å². The van der Waals surface area contributed by atoms with Crippen molar-refractivity contribution in [1.29, 1.82) is 0 Å². The van der Waals surface area contributed by atoms with Crippen LogP contribution in [0, 0.1) is 11.6 Å². The zero-order valence-corrected chi connectivity index (χ0v) is 11.9. The SMILES string of the molecule is COc1c(Cl)ncnc1Nc1cc(F)c(Br)cc1F. The van der Waals surface area contributed by atoms with Gasteiger partial charge in [-0.05, 0) is 22.0 Å². The summed E-state index contributed by atoms with van der Waals surface area (Å²) in [5.41, 5.74) is -0.0891. The Kier molecular flexibility index (Phi) is 4.16. The van der Waals surface area contributed by atoms with E-state index in [1.54, 1.807) is 0 Å². The summed E-state index contributed by atoms with van der Waals surface area (Å²) in [7, 11) is 1.37. The van der Waals surface area contributed by atoms with Crippen LogP contribution in [0.4, 0.5) is 20.3 Å². The maximum Gasteiger partial charge on any atom is 0.199 e. The van der Waals surface area contributed by atoms with E-state index in [2.05, 4.69) is 31.2 Å². The van der Waals surface area contributed by atoms with Crippen LogP contribution in [0.15, 0.2) is 22.9 Å². The predicted molar refractivity (Wildman–Crippen MR) is 70.9 cm³/mol. The molecule has 0 saturated heterocycles. The lowest BCUT2D eigenvalue weighted by Crippen LogP contribution is -2.01. The third-order valence-electron chi connectivity index (χ3n) is 2.23. The Morgan fingerprint density at radius 2 is 2.00 bits per heavy atom. The van der Waals surface area contributed by atoms with Crippen molar-refractivity contribution in [1.82, 2.24) is 9.97 Å². The molecule has 0 saturated carbocycles. The van der Waals surface area contributed by atoms with Crippen molar-refractivity contribution in [3.63, 3.8) is 0 Å². The Bertz CT molecular complexity index is 627. The highest BCUT2D eigenvalue weighted by Crippen LogP contribution is 2.32. The molecule has 1 N–H and O–H groups in total. The van der Waals surface area contributed by atoms with E-state index in [1.807, 2.05) is 0 Å². The van der Waals surface area contributed by atoms with Gasteiger partial charge >= 0.3 is 0 Å². The van der Waals surface area contributed by atoms with Crippen molar-refractivity contribution in [3.8, 4) is 5.75 Å². The number of hydrogen-bond acceptors (Lipinski definition) is 4. The van der Waals surface area contributed by atoms with Crippen molar-refractivity contribution < 1.29 is 13.5 Å². The van der Waals surface area contributed by atoms with Gasteiger partial charge in [0.25, 0.3) is 0 Å². The van der Waals surface area contributed by atoms with Gasteiger partial charge in [0.15, 0.2) is 16.7 Å². The monoisotopic (exact) mass is 349 g/mol. The van der Waals surface area contributed by atoms with E-state index in [9.17, 15) is 8.78 Å². The number of anilines is 2. The molecule has 2 rings (SSSR count). The molecular formula is C11H7BrClF2N3O. The highest BCUT2D eigenvalue weighted by atomic mass is 79.9. The third-order valence-corrected chi connectivity index (χ3v) is 3.10. The summed E-state index contributed by atoms with van der Waals surface area (Å²) in [6, 6.07) is 2.00. The molecule has 0 aliphatic heterocycles. The standard InChI is InChI=1S/C11H7BrClF2N3O/c1-19-9-10(13)16-4-17-11(9)18-8-3-6(14)5(12)2-7(8)15/h2-4H,1H3,(H,16,17,18). The van der Waals surface area contributed by atoms with E-state index in [0.717, 1.165) is 12.1 Å². The highest BCUT2D eigenvalue weighted by Gasteiger charge is 2.14. The summed E-state index contributed by atoms with van der Waals surface area (Å²) >= 11 is 8.69. The normalized spacial score (nSPS) is 10.4. The molecule has 0 aliphatic rings. The van der Waals surface area contributed by atoms with Crippen molar-refractivity contribution in [3.05, 3.63) is 39.7 Å². The number of rotatable bonds is 3. The first-order valence-corrected chi connectivity index (χ1v) is 6.16. The first-order chi connectivity index (χ1) is 9.02. The predicted octanol–water partition coefficient (Wildman–Crippen LogP) is 3.92. The second-order valence-electron chi connectivity index (χ2n) is 3.42. The third kappa shape index (κ3) is 2.93. The highest BCUT2D eigenvalue weighted by molar-refractivity contribution is 9.10. The number of hydrogen-bond donors (Lipinski definition) is 1. The second kappa shape index (κ2) is 5.66. The lowest BCUT2D eigenvalue weighted by molar-refractivity contribution is 0.413. The number of halogens is 4. The molecular weight excluding hydrogens is 343 g/mol. The Balaban J connectivity index is 2.42. The molecule has 4 nitrogen and oxygen atoms in total. The van der Waals surface area contributed by atoms with Crippen molar-refractivity contribution in [2.45, 2.75) is 0 Å². The molecule has 0 amide bonds. The van der Waals surface area contributed by atoms with Gasteiger partial charge < -0.3 is 10.1 Å². The summed E-state index contributed by atoms with van der Waals surface area (Å²) in [6.07, 6.45) is 1.18. The maximum absolute atomic E-state index is 13.7. The van der Waals surface area contributed by atoms with Crippen molar-refractivity contribution >= 4 is 39.0 Å². The van der Waals surface area contributed by atoms with Crippen LogP contribution in [-0.2, 0) is 0 Å². The van der Waals surface area contributed by atoms with Gasteiger partial charge in [-0.25, -0.2) is 18.7 Å². The van der Waals surface area contributed by atoms with Crippen LogP contribution < -0.4 is 10.1 Å². The summed E-state index contributed by atoms with van der Waals surface area (Å²) < 4.78 is 32.1. The Hall–Kier alpha value is -1.47. The lowest BCUT2D eigenvalue weighted by atomic mass is 10.3. The summed E-state index contributed by atoms with van der Waals surface area (Å²) in [4.78, 5) is 7.59.